The standard InChI is InChI=1S/C17H24N4O2/c1-11-13(12(2)21-20-11)10-18-14-8-6-7-9-15(14)19-16(22)23-17(3,4)5/h6-9,18H,10H2,1-5H3,(H,19,22)(H,20,21). The van der Waals surface area contributed by atoms with Gasteiger partial charge in [0.1, 0.15) is 5.60 Å². The zero-order chi connectivity index (χ0) is 17.0. The zero-order valence-electron chi connectivity index (χ0n) is 14.3. The smallest absolute Gasteiger partial charge is 0.412 e. The van der Waals surface area contributed by atoms with E-state index in [1.165, 1.54) is 0 Å². The van der Waals surface area contributed by atoms with Crippen LogP contribution in [0.5, 0.6) is 0 Å². The molecule has 124 valence electrons. The first-order valence-corrected chi connectivity index (χ1v) is 7.59. The Morgan fingerprint density at radius 2 is 1.87 bits per heavy atom. The van der Waals surface area contributed by atoms with E-state index in [4.69, 9.17) is 4.74 Å². The SMILES string of the molecule is Cc1n[nH]c(C)c1CNc1ccccc1NC(=O)OC(C)(C)C. The third-order valence-corrected chi connectivity index (χ3v) is 3.30. The average molecular weight is 316 g/mol. The van der Waals surface area contributed by atoms with Crippen molar-refractivity contribution in [3.8, 4) is 0 Å². The average Bonchev–Trinajstić information content (AvgIpc) is 2.75. The van der Waals surface area contributed by atoms with Crippen LogP contribution in [0, 0.1) is 13.8 Å². The summed E-state index contributed by atoms with van der Waals surface area (Å²) in [5, 5.41) is 13.3. The number of aromatic amines is 1. The van der Waals surface area contributed by atoms with Gasteiger partial charge in [0.05, 0.1) is 17.1 Å². The fourth-order valence-electron chi connectivity index (χ4n) is 2.18. The number of nitrogens with zero attached hydrogens (tertiary/aromatic N) is 1. The van der Waals surface area contributed by atoms with Crippen LogP contribution in [-0.4, -0.2) is 21.9 Å². The molecule has 0 aliphatic heterocycles. The second kappa shape index (κ2) is 6.73. The van der Waals surface area contributed by atoms with Gasteiger partial charge in [-0.2, -0.15) is 5.10 Å². The van der Waals surface area contributed by atoms with E-state index in [0.717, 1.165) is 22.6 Å². The highest BCUT2D eigenvalue weighted by molar-refractivity contribution is 5.89. The number of carbonyl (C=O) groups is 1. The molecule has 0 saturated heterocycles. The van der Waals surface area contributed by atoms with Crippen molar-refractivity contribution in [3.05, 3.63) is 41.2 Å². The number of para-hydroxylation sites is 2. The highest BCUT2D eigenvalue weighted by Crippen LogP contribution is 2.23. The molecule has 0 bridgehead atoms. The summed E-state index contributed by atoms with van der Waals surface area (Å²) >= 11 is 0. The summed E-state index contributed by atoms with van der Waals surface area (Å²) in [4.78, 5) is 11.9. The molecular formula is C17H24N4O2. The predicted molar refractivity (Wildman–Crippen MR) is 91.7 cm³/mol. The van der Waals surface area contributed by atoms with Gasteiger partial charge in [-0.25, -0.2) is 4.79 Å². The van der Waals surface area contributed by atoms with E-state index in [1.54, 1.807) is 0 Å². The largest absolute Gasteiger partial charge is 0.444 e. The molecule has 3 N–H and O–H groups in total. The number of aromatic nitrogens is 2. The molecule has 1 aromatic carbocycles. The summed E-state index contributed by atoms with van der Waals surface area (Å²) in [7, 11) is 0. The first-order chi connectivity index (χ1) is 10.8. The fraction of sp³-hybridized carbons (Fsp3) is 0.412. The highest BCUT2D eigenvalue weighted by atomic mass is 16.6. The van der Waals surface area contributed by atoms with Crippen LogP contribution in [0.25, 0.3) is 0 Å². The van der Waals surface area contributed by atoms with Crippen LogP contribution < -0.4 is 10.6 Å². The van der Waals surface area contributed by atoms with Crippen LogP contribution in [0.4, 0.5) is 16.2 Å². The Balaban J connectivity index is 2.07. The lowest BCUT2D eigenvalue weighted by Crippen LogP contribution is -2.27. The van der Waals surface area contributed by atoms with Gasteiger partial charge in [-0.3, -0.25) is 10.4 Å². The minimum atomic E-state index is -0.530. The Labute approximate surface area is 136 Å². The quantitative estimate of drug-likeness (QED) is 0.797. The minimum absolute atomic E-state index is 0.470. The maximum atomic E-state index is 11.9. The third kappa shape index (κ3) is 4.74. The summed E-state index contributed by atoms with van der Waals surface area (Å²) in [6.07, 6.45) is -0.470. The molecule has 0 aliphatic rings. The lowest BCUT2D eigenvalue weighted by atomic mass is 10.2. The number of aryl methyl sites for hydroxylation is 2. The van der Waals surface area contributed by atoms with Crippen molar-refractivity contribution in [2.45, 2.75) is 46.8 Å². The number of hydrogen-bond donors (Lipinski definition) is 3. The molecule has 1 aromatic heterocycles. The number of H-pyrrole nitrogens is 1. The van der Waals surface area contributed by atoms with Crippen molar-refractivity contribution in [3.63, 3.8) is 0 Å². The van der Waals surface area contributed by atoms with Gasteiger partial charge in [-0.1, -0.05) is 12.1 Å². The molecule has 0 aliphatic carbocycles. The number of benzene rings is 1. The van der Waals surface area contributed by atoms with Crippen LogP contribution in [-0.2, 0) is 11.3 Å². The lowest BCUT2D eigenvalue weighted by Gasteiger charge is -2.20. The van der Waals surface area contributed by atoms with Gasteiger partial charge in [0, 0.05) is 17.8 Å². The Bertz CT molecular complexity index is 667. The van der Waals surface area contributed by atoms with Gasteiger partial charge in [0.2, 0.25) is 0 Å². The van der Waals surface area contributed by atoms with Crippen molar-refractivity contribution in [2.24, 2.45) is 0 Å². The predicted octanol–water partition coefficient (Wildman–Crippen LogP) is 3.99. The van der Waals surface area contributed by atoms with Crippen molar-refractivity contribution >= 4 is 17.5 Å². The van der Waals surface area contributed by atoms with Crippen molar-refractivity contribution in [1.29, 1.82) is 0 Å². The van der Waals surface area contributed by atoms with Crippen LogP contribution in [0.2, 0.25) is 0 Å². The summed E-state index contributed by atoms with van der Waals surface area (Å²) in [6.45, 7) is 10.1. The summed E-state index contributed by atoms with van der Waals surface area (Å²) in [5.41, 5.74) is 4.11. The number of rotatable bonds is 4. The minimum Gasteiger partial charge on any atom is -0.444 e. The second-order valence-electron chi connectivity index (χ2n) is 6.44. The number of amides is 1. The maximum absolute atomic E-state index is 11.9. The molecule has 6 nitrogen and oxygen atoms in total. The normalized spacial score (nSPS) is 11.2. The second-order valence-corrected chi connectivity index (χ2v) is 6.44. The molecule has 23 heavy (non-hydrogen) atoms. The molecule has 1 heterocycles. The molecule has 0 atom stereocenters. The van der Waals surface area contributed by atoms with Crippen LogP contribution >= 0.6 is 0 Å². The van der Waals surface area contributed by atoms with E-state index < -0.39 is 11.7 Å². The van der Waals surface area contributed by atoms with Crippen molar-refractivity contribution in [1.82, 2.24) is 10.2 Å². The van der Waals surface area contributed by atoms with Crippen LogP contribution in [0.1, 0.15) is 37.7 Å². The van der Waals surface area contributed by atoms with Crippen molar-refractivity contribution < 1.29 is 9.53 Å². The first-order valence-electron chi connectivity index (χ1n) is 7.59. The molecule has 2 rings (SSSR count). The molecule has 2 aromatic rings. The molecular weight excluding hydrogens is 292 g/mol. The Kier molecular flexibility index (Phi) is 4.93. The first kappa shape index (κ1) is 16.9. The molecule has 0 unspecified atom stereocenters. The lowest BCUT2D eigenvalue weighted by molar-refractivity contribution is 0.0636. The Hall–Kier alpha value is -2.50. The van der Waals surface area contributed by atoms with Gasteiger partial charge in [0.15, 0.2) is 0 Å². The summed E-state index contributed by atoms with van der Waals surface area (Å²) < 4.78 is 5.29. The molecule has 6 heteroatoms. The fourth-order valence-corrected chi connectivity index (χ4v) is 2.18. The van der Waals surface area contributed by atoms with Crippen LogP contribution in [0.15, 0.2) is 24.3 Å². The van der Waals surface area contributed by atoms with Crippen LogP contribution in [0.3, 0.4) is 0 Å². The van der Waals surface area contributed by atoms with E-state index in [1.807, 2.05) is 58.9 Å². The Morgan fingerprint density at radius 3 is 2.43 bits per heavy atom. The van der Waals surface area contributed by atoms with E-state index >= 15 is 0 Å². The molecule has 0 radical (unpaired) electrons. The number of nitrogens with one attached hydrogen (secondary N) is 3. The van der Waals surface area contributed by atoms with E-state index in [9.17, 15) is 4.79 Å². The van der Waals surface area contributed by atoms with E-state index in [0.29, 0.717) is 12.2 Å². The van der Waals surface area contributed by atoms with Gasteiger partial charge in [0.25, 0.3) is 0 Å². The van der Waals surface area contributed by atoms with Gasteiger partial charge >= 0.3 is 6.09 Å². The number of ether oxygens (including phenoxy) is 1. The number of carbonyl (C=O) groups excluding carboxylic acids is 1. The zero-order valence-corrected chi connectivity index (χ0v) is 14.3. The molecule has 0 saturated carbocycles. The summed E-state index contributed by atoms with van der Waals surface area (Å²) in [5.74, 6) is 0. The van der Waals surface area contributed by atoms with Crippen molar-refractivity contribution in [2.75, 3.05) is 10.6 Å². The van der Waals surface area contributed by atoms with Gasteiger partial charge < -0.3 is 10.1 Å². The highest BCUT2D eigenvalue weighted by Gasteiger charge is 2.17. The topological polar surface area (TPSA) is 79.0 Å². The van der Waals surface area contributed by atoms with Gasteiger partial charge in [-0.05, 0) is 46.8 Å². The third-order valence-electron chi connectivity index (χ3n) is 3.30. The molecule has 0 spiro atoms. The Morgan fingerprint density at radius 1 is 1.22 bits per heavy atom. The number of hydrogen-bond acceptors (Lipinski definition) is 4. The molecule has 0 fully saturated rings. The number of anilines is 2. The van der Waals surface area contributed by atoms with E-state index in [2.05, 4.69) is 20.8 Å². The maximum Gasteiger partial charge on any atom is 0.412 e. The molecule has 1 amide bonds. The van der Waals surface area contributed by atoms with E-state index in [-0.39, 0.29) is 0 Å². The monoisotopic (exact) mass is 316 g/mol. The summed E-state index contributed by atoms with van der Waals surface area (Å²) in [6, 6.07) is 7.53. The van der Waals surface area contributed by atoms with Gasteiger partial charge in [-0.15, -0.1) is 0 Å².